The van der Waals surface area contributed by atoms with Crippen molar-refractivity contribution in [1.82, 2.24) is 5.32 Å². The molecule has 1 amide bonds. The number of amides is 1. The summed E-state index contributed by atoms with van der Waals surface area (Å²) in [5.74, 6) is 1.32. The van der Waals surface area contributed by atoms with E-state index in [1.54, 1.807) is 0 Å². The van der Waals surface area contributed by atoms with E-state index in [0.717, 1.165) is 17.9 Å². The van der Waals surface area contributed by atoms with Gasteiger partial charge in [-0.15, -0.1) is 0 Å². The first-order chi connectivity index (χ1) is 10.0. The van der Waals surface area contributed by atoms with Crippen LogP contribution in [0.5, 0.6) is 5.75 Å². The SMILES string of the molecule is CC(C)CCOc1ccc(NC(=O)C2CC(O)CN2)cc1. The zero-order valence-electron chi connectivity index (χ0n) is 12.6. The molecule has 2 unspecified atom stereocenters. The maximum absolute atomic E-state index is 12.0. The predicted octanol–water partition coefficient (Wildman–Crippen LogP) is 1.77. The fourth-order valence-electron chi connectivity index (χ4n) is 2.19. The van der Waals surface area contributed by atoms with Crippen LogP contribution < -0.4 is 15.4 Å². The fraction of sp³-hybridized carbons (Fsp3) is 0.562. The number of ether oxygens (including phenoxy) is 1. The van der Waals surface area contributed by atoms with Gasteiger partial charge in [0.25, 0.3) is 0 Å². The Morgan fingerprint density at radius 2 is 2.14 bits per heavy atom. The standard InChI is InChI=1S/C16H24N2O3/c1-11(2)7-8-21-14-5-3-12(4-6-14)18-16(20)15-9-13(19)10-17-15/h3-6,11,13,15,17,19H,7-10H2,1-2H3,(H,18,20). The maximum atomic E-state index is 12.0. The summed E-state index contributed by atoms with van der Waals surface area (Å²) in [5, 5.41) is 15.2. The first kappa shape index (κ1) is 15.8. The van der Waals surface area contributed by atoms with E-state index in [0.29, 0.717) is 25.5 Å². The molecule has 21 heavy (non-hydrogen) atoms. The molecule has 1 aliphatic rings. The first-order valence-electron chi connectivity index (χ1n) is 7.50. The molecule has 5 nitrogen and oxygen atoms in total. The Bertz CT molecular complexity index is 459. The Labute approximate surface area is 125 Å². The van der Waals surface area contributed by atoms with Gasteiger partial charge in [-0.25, -0.2) is 0 Å². The van der Waals surface area contributed by atoms with E-state index in [2.05, 4.69) is 24.5 Å². The number of aliphatic hydroxyl groups is 1. The van der Waals surface area contributed by atoms with Crippen molar-refractivity contribution in [3.63, 3.8) is 0 Å². The molecule has 1 aliphatic heterocycles. The molecular formula is C16H24N2O3. The zero-order chi connectivity index (χ0) is 15.2. The van der Waals surface area contributed by atoms with Crippen molar-refractivity contribution in [3.05, 3.63) is 24.3 Å². The number of carbonyl (C=O) groups is 1. The molecule has 1 aromatic carbocycles. The van der Waals surface area contributed by atoms with E-state index >= 15 is 0 Å². The summed E-state index contributed by atoms with van der Waals surface area (Å²) in [5.41, 5.74) is 0.736. The topological polar surface area (TPSA) is 70.6 Å². The molecule has 0 saturated carbocycles. The monoisotopic (exact) mass is 292 g/mol. The van der Waals surface area contributed by atoms with Crippen LogP contribution in [0.2, 0.25) is 0 Å². The third-order valence-electron chi connectivity index (χ3n) is 3.51. The van der Waals surface area contributed by atoms with Crippen molar-refractivity contribution >= 4 is 11.6 Å². The molecule has 1 heterocycles. The Balaban J connectivity index is 1.80. The van der Waals surface area contributed by atoms with Crippen molar-refractivity contribution < 1.29 is 14.6 Å². The average molecular weight is 292 g/mol. The summed E-state index contributed by atoms with van der Waals surface area (Å²) in [7, 11) is 0. The number of carbonyl (C=O) groups excluding carboxylic acids is 1. The van der Waals surface area contributed by atoms with Gasteiger partial charge >= 0.3 is 0 Å². The van der Waals surface area contributed by atoms with Crippen molar-refractivity contribution in [2.45, 2.75) is 38.8 Å². The van der Waals surface area contributed by atoms with Crippen LogP contribution >= 0.6 is 0 Å². The minimum atomic E-state index is -0.433. The molecule has 116 valence electrons. The number of rotatable bonds is 6. The summed E-state index contributed by atoms with van der Waals surface area (Å²) in [4.78, 5) is 12.0. The van der Waals surface area contributed by atoms with Crippen molar-refractivity contribution in [2.75, 3.05) is 18.5 Å². The van der Waals surface area contributed by atoms with Gasteiger partial charge in [-0.3, -0.25) is 4.79 Å². The molecule has 5 heteroatoms. The van der Waals surface area contributed by atoms with E-state index < -0.39 is 6.10 Å². The fourth-order valence-corrected chi connectivity index (χ4v) is 2.19. The van der Waals surface area contributed by atoms with E-state index in [-0.39, 0.29) is 11.9 Å². The van der Waals surface area contributed by atoms with Crippen LogP contribution in [-0.2, 0) is 4.79 Å². The van der Waals surface area contributed by atoms with Gasteiger partial charge in [0, 0.05) is 12.2 Å². The Morgan fingerprint density at radius 3 is 2.71 bits per heavy atom. The molecule has 3 N–H and O–H groups in total. The molecule has 1 aromatic rings. The maximum Gasteiger partial charge on any atom is 0.241 e. The summed E-state index contributed by atoms with van der Waals surface area (Å²) in [6, 6.07) is 7.05. The summed E-state index contributed by atoms with van der Waals surface area (Å²) in [6.07, 6.45) is 1.05. The highest BCUT2D eigenvalue weighted by Crippen LogP contribution is 2.17. The van der Waals surface area contributed by atoms with E-state index in [1.807, 2.05) is 24.3 Å². The summed E-state index contributed by atoms with van der Waals surface area (Å²) < 4.78 is 5.63. The largest absolute Gasteiger partial charge is 0.494 e. The molecule has 0 aliphatic carbocycles. The highest BCUT2D eigenvalue weighted by Gasteiger charge is 2.27. The molecule has 1 fully saturated rings. The molecule has 0 aromatic heterocycles. The second-order valence-corrected chi connectivity index (χ2v) is 5.89. The minimum Gasteiger partial charge on any atom is -0.494 e. The Kier molecular flexibility index (Phi) is 5.59. The van der Waals surface area contributed by atoms with Crippen molar-refractivity contribution in [3.8, 4) is 5.75 Å². The number of benzene rings is 1. The van der Waals surface area contributed by atoms with Gasteiger partial charge in [0.15, 0.2) is 0 Å². The molecule has 1 saturated heterocycles. The highest BCUT2D eigenvalue weighted by molar-refractivity contribution is 5.95. The van der Waals surface area contributed by atoms with Gasteiger partial charge in [-0.1, -0.05) is 13.8 Å². The second-order valence-electron chi connectivity index (χ2n) is 5.89. The molecule has 0 bridgehead atoms. The summed E-state index contributed by atoms with van der Waals surface area (Å²) >= 11 is 0. The Morgan fingerprint density at radius 1 is 1.43 bits per heavy atom. The first-order valence-corrected chi connectivity index (χ1v) is 7.50. The van der Waals surface area contributed by atoms with Gasteiger partial charge in [0.1, 0.15) is 5.75 Å². The van der Waals surface area contributed by atoms with E-state index in [4.69, 9.17) is 4.74 Å². The lowest BCUT2D eigenvalue weighted by Crippen LogP contribution is -2.35. The lowest BCUT2D eigenvalue weighted by molar-refractivity contribution is -0.117. The van der Waals surface area contributed by atoms with Crippen LogP contribution in [0.1, 0.15) is 26.7 Å². The third kappa shape index (κ3) is 5.02. The smallest absolute Gasteiger partial charge is 0.241 e. The van der Waals surface area contributed by atoms with Crippen molar-refractivity contribution in [1.29, 1.82) is 0 Å². The average Bonchev–Trinajstić information content (AvgIpc) is 2.87. The quantitative estimate of drug-likeness (QED) is 0.747. The Hall–Kier alpha value is -1.59. The molecular weight excluding hydrogens is 268 g/mol. The number of anilines is 1. The van der Waals surface area contributed by atoms with Crippen LogP contribution in [0.15, 0.2) is 24.3 Å². The normalized spacial score (nSPS) is 21.5. The van der Waals surface area contributed by atoms with Gasteiger partial charge < -0.3 is 20.5 Å². The number of nitrogens with one attached hydrogen (secondary N) is 2. The minimum absolute atomic E-state index is 0.111. The van der Waals surface area contributed by atoms with Crippen LogP contribution in [0, 0.1) is 5.92 Å². The second kappa shape index (κ2) is 7.43. The summed E-state index contributed by atoms with van der Waals surface area (Å²) in [6.45, 7) is 5.50. The zero-order valence-corrected chi connectivity index (χ0v) is 12.6. The number of β-amino-alcohol motifs (C(OH)–C–C–N with tert-alkyl or cyclic N) is 1. The van der Waals surface area contributed by atoms with Gasteiger partial charge in [-0.05, 0) is 43.0 Å². The van der Waals surface area contributed by atoms with Crippen LogP contribution in [0.4, 0.5) is 5.69 Å². The van der Waals surface area contributed by atoms with Gasteiger partial charge in [0.2, 0.25) is 5.91 Å². The van der Waals surface area contributed by atoms with Crippen LogP contribution in [-0.4, -0.2) is 36.3 Å². The van der Waals surface area contributed by atoms with Gasteiger partial charge in [-0.2, -0.15) is 0 Å². The number of hydrogen-bond acceptors (Lipinski definition) is 4. The number of hydrogen-bond donors (Lipinski definition) is 3. The van der Waals surface area contributed by atoms with Crippen LogP contribution in [0.25, 0.3) is 0 Å². The number of aliphatic hydroxyl groups excluding tert-OH is 1. The lowest BCUT2D eigenvalue weighted by atomic mass is 10.1. The predicted molar refractivity (Wildman–Crippen MR) is 82.4 cm³/mol. The van der Waals surface area contributed by atoms with Crippen molar-refractivity contribution in [2.24, 2.45) is 5.92 Å². The molecule has 0 spiro atoms. The van der Waals surface area contributed by atoms with Gasteiger partial charge in [0.05, 0.1) is 18.8 Å². The van der Waals surface area contributed by atoms with E-state index in [9.17, 15) is 9.90 Å². The highest BCUT2D eigenvalue weighted by atomic mass is 16.5. The molecule has 0 radical (unpaired) electrons. The molecule has 2 rings (SSSR count). The lowest BCUT2D eigenvalue weighted by Gasteiger charge is -2.12. The van der Waals surface area contributed by atoms with Crippen LogP contribution in [0.3, 0.4) is 0 Å². The van der Waals surface area contributed by atoms with E-state index in [1.165, 1.54) is 0 Å². The molecule has 2 atom stereocenters. The third-order valence-corrected chi connectivity index (χ3v) is 3.51.